The Morgan fingerprint density at radius 2 is 1.81 bits per heavy atom. The molecular weight excluding hydrogens is 350 g/mol. The van der Waals surface area contributed by atoms with Gasteiger partial charge in [0.1, 0.15) is 22.0 Å². The maximum atomic E-state index is 12.4. The summed E-state index contributed by atoms with van der Waals surface area (Å²) in [6.45, 7) is 4.04. The minimum Gasteiger partial charge on any atom is -0.462 e. The second-order valence-corrected chi connectivity index (χ2v) is 6.53. The van der Waals surface area contributed by atoms with Gasteiger partial charge >= 0.3 is 5.97 Å². The van der Waals surface area contributed by atoms with Gasteiger partial charge in [-0.05, 0) is 43.2 Å². The number of unbranched alkanes of at least 4 members (excludes halogenated alkanes) is 1. The normalized spacial score (nSPS) is 9.85. The third kappa shape index (κ3) is 4.27. The summed E-state index contributed by atoms with van der Waals surface area (Å²) in [4.78, 5) is 24.6. The van der Waals surface area contributed by atoms with E-state index in [0.717, 1.165) is 24.2 Å². The van der Waals surface area contributed by atoms with Gasteiger partial charge in [0.25, 0.3) is 5.91 Å². The third-order valence-corrected chi connectivity index (χ3v) is 4.81. The SMILES string of the molecule is CCCCOC(=O)c1ccc(C(=O)Nc2sc(C#N)c(C)c2C#N)cc1. The van der Waals surface area contributed by atoms with Crippen molar-refractivity contribution >= 4 is 28.2 Å². The van der Waals surface area contributed by atoms with E-state index in [-0.39, 0.29) is 5.56 Å². The highest BCUT2D eigenvalue weighted by Gasteiger charge is 2.17. The minimum atomic E-state index is -0.426. The Morgan fingerprint density at radius 3 is 2.38 bits per heavy atom. The van der Waals surface area contributed by atoms with Crippen LogP contribution in [-0.2, 0) is 4.74 Å². The first-order chi connectivity index (χ1) is 12.5. The number of anilines is 1. The molecule has 0 radical (unpaired) electrons. The van der Waals surface area contributed by atoms with Crippen LogP contribution in [0.3, 0.4) is 0 Å². The molecule has 2 rings (SSSR count). The number of thiophene rings is 1. The van der Waals surface area contributed by atoms with E-state index < -0.39 is 11.9 Å². The van der Waals surface area contributed by atoms with Crippen LogP contribution in [0.5, 0.6) is 0 Å². The summed E-state index contributed by atoms with van der Waals surface area (Å²) in [5.41, 5.74) is 1.55. The number of benzene rings is 1. The number of carbonyl (C=O) groups excluding carboxylic acids is 2. The van der Waals surface area contributed by atoms with Crippen LogP contribution in [0, 0.1) is 29.6 Å². The number of esters is 1. The fraction of sp³-hybridized carbons (Fsp3) is 0.263. The molecule has 7 heteroatoms. The van der Waals surface area contributed by atoms with Crippen LogP contribution in [0.1, 0.15) is 56.5 Å². The van der Waals surface area contributed by atoms with E-state index in [1.54, 1.807) is 6.92 Å². The van der Waals surface area contributed by atoms with Crippen molar-refractivity contribution in [3.63, 3.8) is 0 Å². The van der Waals surface area contributed by atoms with Crippen LogP contribution >= 0.6 is 11.3 Å². The zero-order chi connectivity index (χ0) is 19.1. The Labute approximate surface area is 155 Å². The second kappa shape index (κ2) is 8.80. The fourth-order valence-electron chi connectivity index (χ4n) is 2.17. The molecule has 0 bridgehead atoms. The Hall–Kier alpha value is -3.16. The summed E-state index contributed by atoms with van der Waals surface area (Å²) >= 11 is 1.06. The quantitative estimate of drug-likeness (QED) is 0.614. The summed E-state index contributed by atoms with van der Waals surface area (Å²) < 4.78 is 5.12. The fourth-order valence-corrected chi connectivity index (χ4v) is 3.12. The first kappa shape index (κ1) is 19.2. The molecule has 2 aromatic rings. The highest BCUT2D eigenvalue weighted by molar-refractivity contribution is 7.17. The Kier molecular flexibility index (Phi) is 6.48. The molecule has 1 aromatic carbocycles. The van der Waals surface area contributed by atoms with Gasteiger partial charge in [-0.3, -0.25) is 4.79 Å². The zero-order valence-electron chi connectivity index (χ0n) is 14.5. The molecule has 1 amide bonds. The van der Waals surface area contributed by atoms with E-state index in [0.29, 0.717) is 33.2 Å². The predicted octanol–water partition coefficient (Wildman–Crippen LogP) is 4.01. The lowest BCUT2D eigenvalue weighted by Crippen LogP contribution is -2.12. The summed E-state index contributed by atoms with van der Waals surface area (Å²) in [5, 5.41) is 21.3. The van der Waals surface area contributed by atoms with Gasteiger partial charge in [0.2, 0.25) is 0 Å². The number of carbonyl (C=O) groups is 2. The highest BCUT2D eigenvalue weighted by atomic mass is 32.1. The Balaban J connectivity index is 2.11. The van der Waals surface area contributed by atoms with E-state index in [2.05, 4.69) is 5.32 Å². The molecule has 0 fully saturated rings. The molecule has 0 saturated carbocycles. The molecule has 0 unspecified atom stereocenters. The number of nitrogens with one attached hydrogen (secondary N) is 1. The molecule has 0 saturated heterocycles. The van der Waals surface area contributed by atoms with Gasteiger partial charge in [-0.1, -0.05) is 13.3 Å². The van der Waals surface area contributed by atoms with Crippen molar-refractivity contribution in [3.05, 3.63) is 51.4 Å². The van der Waals surface area contributed by atoms with Crippen molar-refractivity contribution < 1.29 is 14.3 Å². The monoisotopic (exact) mass is 367 g/mol. The van der Waals surface area contributed by atoms with Crippen LogP contribution < -0.4 is 5.32 Å². The zero-order valence-corrected chi connectivity index (χ0v) is 15.3. The summed E-state index contributed by atoms with van der Waals surface area (Å²) in [6.07, 6.45) is 1.74. The first-order valence-electron chi connectivity index (χ1n) is 8.03. The van der Waals surface area contributed by atoms with Gasteiger partial charge in [0.05, 0.1) is 17.7 Å². The molecule has 0 aliphatic rings. The molecule has 0 aliphatic heterocycles. The maximum absolute atomic E-state index is 12.4. The average Bonchev–Trinajstić information content (AvgIpc) is 2.96. The van der Waals surface area contributed by atoms with Gasteiger partial charge in [0.15, 0.2) is 0 Å². The van der Waals surface area contributed by atoms with Crippen LogP contribution in [0.25, 0.3) is 0 Å². The number of rotatable bonds is 6. The largest absolute Gasteiger partial charge is 0.462 e. The van der Waals surface area contributed by atoms with E-state index in [9.17, 15) is 14.9 Å². The predicted molar refractivity (Wildman–Crippen MR) is 98.1 cm³/mol. The van der Waals surface area contributed by atoms with Crippen molar-refractivity contribution in [1.82, 2.24) is 0 Å². The second-order valence-electron chi connectivity index (χ2n) is 5.50. The Bertz CT molecular complexity index is 902. The van der Waals surface area contributed by atoms with Gasteiger partial charge in [-0.2, -0.15) is 10.5 Å². The smallest absolute Gasteiger partial charge is 0.338 e. The molecule has 0 spiro atoms. The topological polar surface area (TPSA) is 103 Å². The lowest BCUT2D eigenvalue weighted by atomic mass is 10.1. The third-order valence-electron chi connectivity index (χ3n) is 3.70. The van der Waals surface area contributed by atoms with Crippen LogP contribution in [0.2, 0.25) is 0 Å². The van der Waals surface area contributed by atoms with Crippen LogP contribution in [-0.4, -0.2) is 18.5 Å². The van der Waals surface area contributed by atoms with Crippen LogP contribution in [0.4, 0.5) is 5.00 Å². The first-order valence-corrected chi connectivity index (χ1v) is 8.85. The standard InChI is InChI=1S/C19H17N3O3S/c1-3-4-9-25-19(24)14-7-5-13(6-8-14)17(23)22-18-15(10-20)12(2)16(11-21)26-18/h5-8H,3-4,9H2,1-2H3,(H,22,23). The average molecular weight is 367 g/mol. The van der Waals surface area contributed by atoms with Crippen molar-refractivity contribution in [3.8, 4) is 12.1 Å². The van der Waals surface area contributed by atoms with Gasteiger partial charge in [-0.25, -0.2) is 4.79 Å². The van der Waals surface area contributed by atoms with Crippen molar-refractivity contribution in [2.45, 2.75) is 26.7 Å². The van der Waals surface area contributed by atoms with E-state index >= 15 is 0 Å². The number of amides is 1. The lowest BCUT2D eigenvalue weighted by Gasteiger charge is -2.06. The van der Waals surface area contributed by atoms with E-state index in [1.807, 2.05) is 19.1 Å². The lowest BCUT2D eigenvalue weighted by molar-refractivity contribution is 0.0499. The molecule has 0 aliphatic carbocycles. The molecule has 1 heterocycles. The van der Waals surface area contributed by atoms with Gasteiger partial charge in [-0.15, -0.1) is 11.3 Å². The minimum absolute atomic E-state index is 0.288. The van der Waals surface area contributed by atoms with Crippen molar-refractivity contribution in [1.29, 1.82) is 10.5 Å². The molecule has 0 atom stereocenters. The van der Waals surface area contributed by atoms with Crippen molar-refractivity contribution in [2.24, 2.45) is 0 Å². The Morgan fingerprint density at radius 1 is 1.15 bits per heavy atom. The van der Waals surface area contributed by atoms with E-state index in [1.165, 1.54) is 24.3 Å². The molecule has 1 N–H and O–H groups in total. The molecule has 132 valence electrons. The maximum Gasteiger partial charge on any atom is 0.338 e. The van der Waals surface area contributed by atoms with E-state index in [4.69, 9.17) is 10.00 Å². The number of nitrogens with zero attached hydrogens (tertiary/aromatic N) is 2. The van der Waals surface area contributed by atoms with Gasteiger partial charge in [0, 0.05) is 5.56 Å². The van der Waals surface area contributed by atoms with Crippen LogP contribution in [0.15, 0.2) is 24.3 Å². The number of ether oxygens (including phenoxy) is 1. The van der Waals surface area contributed by atoms with Gasteiger partial charge < -0.3 is 10.1 Å². The highest BCUT2D eigenvalue weighted by Crippen LogP contribution is 2.32. The number of nitriles is 2. The van der Waals surface area contributed by atoms with Crippen molar-refractivity contribution in [2.75, 3.05) is 11.9 Å². The molecule has 6 nitrogen and oxygen atoms in total. The molecule has 1 aromatic heterocycles. The summed E-state index contributed by atoms with van der Waals surface area (Å²) in [7, 11) is 0. The number of hydrogen-bond acceptors (Lipinski definition) is 6. The molecule has 26 heavy (non-hydrogen) atoms. The summed E-state index contributed by atoms with van der Waals surface area (Å²) in [5.74, 6) is -0.845. The molecular formula is C19H17N3O3S. The number of hydrogen-bond donors (Lipinski definition) is 1. The summed E-state index contributed by atoms with van der Waals surface area (Å²) in [6, 6.07) is 10.1.